The third-order valence-electron chi connectivity index (χ3n) is 4.30. The summed E-state index contributed by atoms with van der Waals surface area (Å²) >= 11 is 0. The van der Waals surface area contributed by atoms with Gasteiger partial charge in [-0.2, -0.15) is 13.2 Å². The summed E-state index contributed by atoms with van der Waals surface area (Å²) in [6.07, 6.45) is -4.53. The molecule has 28 heavy (non-hydrogen) atoms. The monoisotopic (exact) mass is 381 g/mol. The number of aromatic nitrogens is 2. The Bertz CT molecular complexity index is 1140. The van der Waals surface area contributed by atoms with Crippen LogP contribution in [-0.4, -0.2) is 15.3 Å². The molecule has 0 saturated heterocycles. The van der Waals surface area contributed by atoms with Crippen LogP contribution in [0.5, 0.6) is 5.75 Å². The molecule has 0 saturated carbocycles. The summed E-state index contributed by atoms with van der Waals surface area (Å²) in [6, 6.07) is 19.5. The van der Waals surface area contributed by atoms with Gasteiger partial charge in [0, 0.05) is 22.0 Å². The number of hydrogen-bond donors (Lipinski definition) is 2. The zero-order valence-electron chi connectivity index (χ0n) is 14.4. The van der Waals surface area contributed by atoms with Crippen LogP contribution >= 0.6 is 0 Å². The van der Waals surface area contributed by atoms with E-state index in [1.165, 1.54) is 6.07 Å². The number of nitrogens with zero attached hydrogens (tertiary/aromatic N) is 2. The quantitative estimate of drug-likeness (QED) is 0.473. The van der Waals surface area contributed by atoms with E-state index < -0.39 is 17.5 Å². The molecule has 0 aliphatic rings. The van der Waals surface area contributed by atoms with E-state index in [0.29, 0.717) is 23.0 Å². The van der Waals surface area contributed by atoms with E-state index in [1.54, 1.807) is 12.1 Å². The summed E-state index contributed by atoms with van der Waals surface area (Å²) in [6.45, 7) is 0. The lowest BCUT2D eigenvalue weighted by molar-refractivity contribution is -0.137. The summed E-state index contributed by atoms with van der Waals surface area (Å²) < 4.78 is 38.6. The van der Waals surface area contributed by atoms with Crippen molar-refractivity contribution in [2.75, 3.05) is 5.32 Å². The fourth-order valence-corrected chi connectivity index (χ4v) is 2.96. The normalized spacial score (nSPS) is 11.5. The van der Waals surface area contributed by atoms with Crippen LogP contribution in [0, 0.1) is 0 Å². The Hall–Kier alpha value is -3.61. The number of halogens is 3. The molecule has 0 radical (unpaired) electrons. The van der Waals surface area contributed by atoms with Gasteiger partial charge in [0.1, 0.15) is 11.4 Å². The van der Waals surface area contributed by atoms with Gasteiger partial charge in [-0.05, 0) is 30.3 Å². The summed E-state index contributed by atoms with van der Waals surface area (Å²) in [5.74, 6) is 0.00926. The second-order valence-corrected chi connectivity index (χ2v) is 6.16. The van der Waals surface area contributed by atoms with Crippen molar-refractivity contribution in [3.05, 3.63) is 78.4 Å². The lowest BCUT2D eigenvalue weighted by Gasteiger charge is -2.13. The lowest BCUT2D eigenvalue weighted by atomic mass is 10.0. The Balaban J connectivity index is 1.83. The minimum Gasteiger partial charge on any atom is -0.507 e. The second kappa shape index (κ2) is 6.84. The first-order valence-corrected chi connectivity index (χ1v) is 8.41. The first-order chi connectivity index (χ1) is 13.4. The van der Waals surface area contributed by atoms with E-state index in [4.69, 9.17) is 0 Å². The molecule has 0 aliphatic heterocycles. The standard InChI is InChI=1S/C21H14F3N3O/c22-21(23,24)13-10-11-17(18(28)12-13)19-15-8-4-5-9-16(15)20(27-26-19)25-14-6-2-1-3-7-14/h1-12,28H,(H,25,27). The maximum absolute atomic E-state index is 12.9. The average Bonchev–Trinajstić information content (AvgIpc) is 2.69. The summed E-state index contributed by atoms with van der Waals surface area (Å²) in [5.41, 5.74) is 0.392. The fourth-order valence-electron chi connectivity index (χ4n) is 2.96. The third-order valence-corrected chi connectivity index (χ3v) is 4.30. The number of alkyl halides is 3. The highest BCUT2D eigenvalue weighted by Crippen LogP contribution is 2.38. The number of phenolic OH excluding ortho intramolecular Hbond substituents is 1. The van der Waals surface area contributed by atoms with E-state index in [2.05, 4.69) is 15.5 Å². The van der Waals surface area contributed by atoms with E-state index in [1.807, 2.05) is 42.5 Å². The Kier molecular flexibility index (Phi) is 4.35. The van der Waals surface area contributed by atoms with Crippen molar-refractivity contribution in [2.24, 2.45) is 0 Å². The topological polar surface area (TPSA) is 58.0 Å². The zero-order valence-corrected chi connectivity index (χ0v) is 14.4. The van der Waals surface area contributed by atoms with E-state index >= 15 is 0 Å². The predicted octanol–water partition coefficient (Wildman–Crippen LogP) is 5.76. The number of para-hydroxylation sites is 1. The highest BCUT2D eigenvalue weighted by atomic mass is 19.4. The Morgan fingerprint density at radius 3 is 2.14 bits per heavy atom. The van der Waals surface area contributed by atoms with Gasteiger partial charge in [-0.3, -0.25) is 0 Å². The molecule has 7 heteroatoms. The number of benzene rings is 3. The van der Waals surface area contributed by atoms with E-state index in [9.17, 15) is 18.3 Å². The summed E-state index contributed by atoms with van der Waals surface area (Å²) in [7, 11) is 0. The predicted molar refractivity (Wildman–Crippen MR) is 101 cm³/mol. The summed E-state index contributed by atoms with van der Waals surface area (Å²) in [5, 5.41) is 23.1. The molecule has 4 aromatic rings. The minimum atomic E-state index is -4.53. The Morgan fingerprint density at radius 1 is 0.786 bits per heavy atom. The average molecular weight is 381 g/mol. The lowest BCUT2D eigenvalue weighted by Crippen LogP contribution is -2.04. The molecule has 4 nitrogen and oxygen atoms in total. The molecule has 0 atom stereocenters. The number of phenols is 1. The number of anilines is 2. The number of nitrogens with one attached hydrogen (secondary N) is 1. The maximum atomic E-state index is 12.9. The van der Waals surface area contributed by atoms with Gasteiger partial charge in [0.25, 0.3) is 0 Å². The van der Waals surface area contributed by atoms with Crippen LogP contribution in [0.4, 0.5) is 24.7 Å². The molecule has 1 heterocycles. The van der Waals surface area contributed by atoms with Crippen LogP contribution < -0.4 is 5.32 Å². The van der Waals surface area contributed by atoms with Crippen molar-refractivity contribution in [1.82, 2.24) is 10.2 Å². The van der Waals surface area contributed by atoms with Gasteiger partial charge in [0.2, 0.25) is 0 Å². The van der Waals surface area contributed by atoms with E-state index in [0.717, 1.165) is 17.1 Å². The molecule has 0 unspecified atom stereocenters. The third kappa shape index (κ3) is 3.34. The van der Waals surface area contributed by atoms with Crippen molar-refractivity contribution >= 4 is 22.3 Å². The summed E-state index contributed by atoms with van der Waals surface area (Å²) in [4.78, 5) is 0. The van der Waals surface area contributed by atoms with Crippen LogP contribution in [0.25, 0.3) is 22.0 Å². The van der Waals surface area contributed by atoms with Crippen molar-refractivity contribution in [1.29, 1.82) is 0 Å². The molecule has 1 aromatic heterocycles. The molecule has 0 bridgehead atoms. The van der Waals surface area contributed by atoms with Crippen LogP contribution in [0.1, 0.15) is 5.56 Å². The molecular weight excluding hydrogens is 367 g/mol. The number of hydrogen-bond acceptors (Lipinski definition) is 4. The molecular formula is C21H14F3N3O. The Labute approximate surface area is 158 Å². The van der Waals surface area contributed by atoms with Crippen molar-refractivity contribution in [3.63, 3.8) is 0 Å². The van der Waals surface area contributed by atoms with Gasteiger partial charge in [0.05, 0.1) is 5.56 Å². The molecule has 4 rings (SSSR count). The van der Waals surface area contributed by atoms with Crippen LogP contribution in [-0.2, 0) is 6.18 Å². The smallest absolute Gasteiger partial charge is 0.416 e. The van der Waals surface area contributed by atoms with Gasteiger partial charge >= 0.3 is 6.18 Å². The van der Waals surface area contributed by atoms with Gasteiger partial charge in [-0.25, -0.2) is 0 Å². The SMILES string of the molecule is Oc1cc(C(F)(F)F)ccc1-c1nnc(Nc2ccccc2)c2ccccc12. The van der Waals surface area contributed by atoms with Crippen molar-refractivity contribution in [3.8, 4) is 17.0 Å². The van der Waals surface area contributed by atoms with Crippen LogP contribution in [0.2, 0.25) is 0 Å². The number of rotatable bonds is 3. The number of aromatic hydroxyl groups is 1. The van der Waals surface area contributed by atoms with Gasteiger partial charge in [-0.15, -0.1) is 10.2 Å². The van der Waals surface area contributed by atoms with E-state index in [-0.39, 0.29) is 5.56 Å². The van der Waals surface area contributed by atoms with Gasteiger partial charge < -0.3 is 10.4 Å². The molecule has 2 N–H and O–H groups in total. The largest absolute Gasteiger partial charge is 0.507 e. The molecule has 3 aromatic carbocycles. The molecule has 140 valence electrons. The highest BCUT2D eigenvalue weighted by Gasteiger charge is 2.31. The maximum Gasteiger partial charge on any atom is 0.416 e. The number of fused-ring (bicyclic) bond motifs is 1. The Morgan fingerprint density at radius 2 is 1.46 bits per heavy atom. The van der Waals surface area contributed by atoms with Gasteiger partial charge in [-0.1, -0.05) is 42.5 Å². The fraction of sp³-hybridized carbons (Fsp3) is 0.0476. The molecule has 0 spiro atoms. The molecule has 0 amide bonds. The molecule has 0 aliphatic carbocycles. The zero-order chi connectivity index (χ0) is 19.7. The second-order valence-electron chi connectivity index (χ2n) is 6.16. The van der Waals surface area contributed by atoms with Gasteiger partial charge in [0.15, 0.2) is 5.82 Å². The van der Waals surface area contributed by atoms with Crippen LogP contribution in [0.3, 0.4) is 0 Å². The van der Waals surface area contributed by atoms with Crippen LogP contribution in [0.15, 0.2) is 72.8 Å². The van der Waals surface area contributed by atoms with Crippen molar-refractivity contribution in [2.45, 2.75) is 6.18 Å². The minimum absolute atomic E-state index is 0.183. The first kappa shape index (κ1) is 17.8. The van der Waals surface area contributed by atoms with Crippen molar-refractivity contribution < 1.29 is 18.3 Å². The first-order valence-electron chi connectivity index (χ1n) is 8.41. The molecule has 0 fully saturated rings. The highest BCUT2D eigenvalue weighted by molar-refractivity contribution is 6.01.